The van der Waals surface area contributed by atoms with E-state index in [1.165, 1.54) is 37.4 Å². The van der Waals surface area contributed by atoms with Crippen LogP contribution in [-0.4, -0.2) is 32.2 Å². The maximum absolute atomic E-state index is 12.5. The van der Waals surface area contributed by atoms with E-state index >= 15 is 0 Å². The predicted octanol–water partition coefficient (Wildman–Crippen LogP) is 4.20. The van der Waals surface area contributed by atoms with Crippen molar-refractivity contribution >= 4 is 29.1 Å². The van der Waals surface area contributed by atoms with Crippen LogP contribution in [0.3, 0.4) is 0 Å². The van der Waals surface area contributed by atoms with Crippen molar-refractivity contribution in [2.24, 2.45) is 0 Å². The van der Waals surface area contributed by atoms with Gasteiger partial charge in [0, 0.05) is 29.6 Å². The van der Waals surface area contributed by atoms with E-state index in [4.69, 9.17) is 0 Å². The van der Waals surface area contributed by atoms with Gasteiger partial charge in [-0.2, -0.15) is 0 Å². The molecule has 0 aliphatic heterocycles. The number of ketones is 1. The molecule has 27 heavy (non-hydrogen) atoms. The van der Waals surface area contributed by atoms with E-state index in [-0.39, 0.29) is 11.7 Å². The molecule has 0 atom stereocenters. The first-order chi connectivity index (χ1) is 13.2. The average Bonchev–Trinajstić information content (AvgIpc) is 3.59. The van der Waals surface area contributed by atoms with Gasteiger partial charge < -0.3 is 9.88 Å². The SMILES string of the molecule is CCCC(=O)Nc1ccc(C(=O)CSc2nnc(C3CC3)n2C2CC2)cc1. The summed E-state index contributed by atoms with van der Waals surface area (Å²) in [6.45, 7) is 1.97. The van der Waals surface area contributed by atoms with Gasteiger partial charge >= 0.3 is 0 Å². The lowest BCUT2D eigenvalue weighted by Crippen LogP contribution is -2.11. The summed E-state index contributed by atoms with van der Waals surface area (Å²) in [5.74, 6) is 2.08. The summed E-state index contributed by atoms with van der Waals surface area (Å²) < 4.78 is 2.27. The van der Waals surface area contributed by atoms with Crippen molar-refractivity contribution in [3.05, 3.63) is 35.7 Å². The number of hydrogen-bond acceptors (Lipinski definition) is 5. The Morgan fingerprint density at radius 2 is 1.89 bits per heavy atom. The summed E-state index contributed by atoms with van der Waals surface area (Å²) in [5, 5.41) is 12.4. The van der Waals surface area contributed by atoms with Crippen molar-refractivity contribution in [2.45, 2.75) is 62.6 Å². The van der Waals surface area contributed by atoms with E-state index in [1.807, 2.05) is 6.92 Å². The third kappa shape index (κ3) is 4.40. The number of benzene rings is 1. The number of nitrogens with zero attached hydrogens (tertiary/aromatic N) is 3. The maximum Gasteiger partial charge on any atom is 0.224 e. The number of amides is 1. The Kier molecular flexibility index (Phi) is 5.29. The highest BCUT2D eigenvalue weighted by Crippen LogP contribution is 2.46. The number of hydrogen-bond donors (Lipinski definition) is 1. The number of aromatic nitrogens is 3. The van der Waals surface area contributed by atoms with Crippen LogP contribution < -0.4 is 5.32 Å². The molecule has 1 aromatic carbocycles. The lowest BCUT2D eigenvalue weighted by Gasteiger charge is -2.08. The normalized spacial score (nSPS) is 16.3. The highest BCUT2D eigenvalue weighted by atomic mass is 32.2. The van der Waals surface area contributed by atoms with Gasteiger partial charge in [-0.1, -0.05) is 18.7 Å². The molecule has 1 N–H and O–H groups in total. The van der Waals surface area contributed by atoms with Gasteiger partial charge in [0.1, 0.15) is 5.82 Å². The molecule has 1 aromatic heterocycles. The summed E-state index contributed by atoms with van der Waals surface area (Å²) >= 11 is 1.48. The monoisotopic (exact) mass is 384 g/mol. The van der Waals surface area contributed by atoms with Gasteiger partial charge in [-0.15, -0.1) is 10.2 Å². The van der Waals surface area contributed by atoms with Gasteiger partial charge in [0.2, 0.25) is 5.91 Å². The molecule has 2 aliphatic rings. The quantitative estimate of drug-likeness (QED) is 0.518. The molecule has 142 valence electrons. The highest BCUT2D eigenvalue weighted by Gasteiger charge is 2.36. The Hall–Kier alpha value is -2.15. The molecule has 2 aromatic rings. The molecule has 7 heteroatoms. The minimum absolute atomic E-state index is 0.00184. The molecule has 0 radical (unpaired) electrons. The Morgan fingerprint density at radius 1 is 1.15 bits per heavy atom. The van der Waals surface area contributed by atoms with Crippen molar-refractivity contribution < 1.29 is 9.59 Å². The number of rotatable bonds is 9. The summed E-state index contributed by atoms with van der Waals surface area (Å²) in [6, 6.07) is 7.63. The first-order valence-electron chi connectivity index (χ1n) is 9.66. The standard InChI is InChI=1S/C20H24N4O2S/c1-2-3-18(26)21-15-8-6-13(7-9-15)17(25)12-27-20-23-22-19(14-4-5-14)24(20)16-10-11-16/h6-9,14,16H,2-5,10-12H2,1H3,(H,21,26). The van der Waals surface area contributed by atoms with E-state index in [2.05, 4.69) is 20.1 Å². The highest BCUT2D eigenvalue weighted by molar-refractivity contribution is 7.99. The Morgan fingerprint density at radius 3 is 2.52 bits per heavy atom. The smallest absolute Gasteiger partial charge is 0.224 e. The van der Waals surface area contributed by atoms with Crippen LogP contribution in [-0.2, 0) is 4.79 Å². The Labute approximate surface area is 163 Å². The lowest BCUT2D eigenvalue weighted by molar-refractivity contribution is -0.116. The first-order valence-corrected chi connectivity index (χ1v) is 10.6. The molecule has 2 fully saturated rings. The predicted molar refractivity (Wildman–Crippen MR) is 105 cm³/mol. The van der Waals surface area contributed by atoms with Crippen molar-refractivity contribution in [3.63, 3.8) is 0 Å². The number of carbonyl (C=O) groups is 2. The van der Waals surface area contributed by atoms with Gasteiger partial charge in [0.25, 0.3) is 0 Å². The van der Waals surface area contributed by atoms with Crippen LogP contribution in [0.25, 0.3) is 0 Å². The zero-order chi connectivity index (χ0) is 18.8. The fourth-order valence-electron chi connectivity index (χ4n) is 3.09. The molecule has 0 unspecified atom stereocenters. The molecular formula is C20H24N4O2S. The van der Waals surface area contributed by atoms with E-state index in [0.717, 1.165) is 23.1 Å². The van der Waals surface area contributed by atoms with Crippen LogP contribution in [0.1, 0.15) is 73.6 Å². The van der Waals surface area contributed by atoms with Gasteiger partial charge in [0.05, 0.1) is 5.75 Å². The molecule has 0 bridgehead atoms. The van der Waals surface area contributed by atoms with Crippen LogP contribution in [0.5, 0.6) is 0 Å². The second-order valence-electron chi connectivity index (χ2n) is 7.30. The van der Waals surface area contributed by atoms with E-state index in [0.29, 0.717) is 29.7 Å². The maximum atomic E-state index is 12.5. The van der Waals surface area contributed by atoms with Crippen LogP contribution in [0.2, 0.25) is 0 Å². The van der Waals surface area contributed by atoms with Gasteiger partial charge in [-0.3, -0.25) is 9.59 Å². The second kappa shape index (κ2) is 7.84. The average molecular weight is 385 g/mol. The molecule has 0 spiro atoms. The van der Waals surface area contributed by atoms with Gasteiger partial charge in [-0.05, 0) is 56.4 Å². The largest absolute Gasteiger partial charge is 0.326 e. The van der Waals surface area contributed by atoms with E-state index in [9.17, 15) is 9.59 Å². The summed E-state index contributed by atoms with van der Waals surface area (Å²) in [5.41, 5.74) is 1.37. The van der Waals surface area contributed by atoms with Crippen molar-refractivity contribution in [2.75, 3.05) is 11.1 Å². The van der Waals surface area contributed by atoms with Crippen molar-refractivity contribution in [1.29, 1.82) is 0 Å². The third-order valence-electron chi connectivity index (χ3n) is 4.85. The van der Waals surface area contributed by atoms with E-state index < -0.39 is 0 Å². The number of Topliss-reactive ketones (excluding diaryl/α,β-unsaturated/α-hetero) is 1. The van der Waals surface area contributed by atoms with E-state index in [1.54, 1.807) is 24.3 Å². The Bertz CT molecular complexity index is 838. The zero-order valence-corrected chi connectivity index (χ0v) is 16.3. The first kappa shape index (κ1) is 18.2. The Balaban J connectivity index is 1.36. The molecular weight excluding hydrogens is 360 g/mol. The molecule has 0 saturated heterocycles. The topological polar surface area (TPSA) is 76.9 Å². The number of nitrogens with one attached hydrogen (secondary N) is 1. The minimum Gasteiger partial charge on any atom is -0.326 e. The summed E-state index contributed by atoms with van der Waals surface area (Å²) in [4.78, 5) is 24.2. The van der Waals surface area contributed by atoms with Crippen molar-refractivity contribution in [3.8, 4) is 0 Å². The number of thioether (sulfide) groups is 1. The van der Waals surface area contributed by atoms with Crippen LogP contribution in [0, 0.1) is 0 Å². The number of anilines is 1. The second-order valence-corrected chi connectivity index (χ2v) is 8.25. The molecule has 1 amide bonds. The lowest BCUT2D eigenvalue weighted by atomic mass is 10.1. The summed E-state index contributed by atoms with van der Waals surface area (Å²) in [7, 11) is 0. The molecule has 4 rings (SSSR count). The number of carbonyl (C=O) groups excluding carboxylic acids is 2. The van der Waals surface area contributed by atoms with Crippen LogP contribution >= 0.6 is 11.8 Å². The van der Waals surface area contributed by atoms with Gasteiger partial charge in [-0.25, -0.2) is 0 Å². The molecule has 2 aliphatic carbocycles. The molecule has 1 heterocycles. The molecule has 6 nitrogen and oxygen atoms in total. The fraction of sp³-hybridized carbons (Fsp3) is 0.500. The summed E-state index contributed by atoms with van der Waals surface area (Å²) in [6.07, 6.45) is 6.09. The van der Waals surface area contributed by atoms with Gasteiger partial charge in [0.15, 0.2) is 10.9 Å². The van der Waals surface area contributed by atoms with Crippen LogP contribution in [0.4, 0.5) is 5.69 Å². The third-order valence-corrected chi connectivity index (χ3v) is 5.79. The van der Waals surface area contributed by atoms with Crippen LogP contribution in [0.15, 0.2) is 29.4 Å². The molecule has 2 saturated carbocycles. The van der Waals surface area contributed by atoms with Crippen molar-refractivity contribution in [1.82, 2.24) is 14.8 Å². The minimum atomic E-state index is -0.00184. The zero-order valence-electron chi connectivity index (χ0n) is 15.5. The fourth-order valence-corrected chi connectivity index (χ4v) is 3.99.